The van der Waals surface area contributed by atoms with E-state index in [-0.39, 0.29) is 11.9 Å². The molecule has 0 bridgehead atoms. The predicted molar refractivity (Wildman–Crippen MR) is 63.7 cm³/mol. The quantitative estimate of drug-likeness (QED) is 0.874. The van der Waals surface area contributed by atoms with Gasteiger partial charge in [0.25, 0.3) is 0 Å². The molecule has 0 spiro atoms. The van der Waals surface area contributed by atoms with Crippen LogP contribution in [0.5, 0.6) is 5.75 Å². The molecule has 94 valence electrons. The first-order chi connectivity index (χ1) is 8.20. The van der Waals surface area contributed by atoms with Gasteiger partial charge in [-0.05, 0) is 19.4 Å². The molecule has 1 heterocycles. The first-order valence-electron chi connectivity index (χ1n) is 5.88. The van der Waals surface area contributed by atoms with Crippen LogP contribution in [0.3, 0.4) is 0 Å². The van der Waals surface area contributed by atoms with E-state index in [2.05, 4.69) is 5.32 Å². The van der Waals surface area contributed by atoms with Crippen LogP contribution in [0.25, 0.3) is 0 Å². The van der Waals surface area contributed by atoms with Gasteiger partial charge in [-0.3, -0.25) is 0 Å². The number of methoxy groups -OCH3 is 1. The van der Waals surface area contributed by atoms with E-state index >= 15 is 0 Å². The van der Waals surface area contributed by atoms with E-state index in [9.17, 15) is 4.39 Å². The summed E-state index contributed by atoms with van der Waals surface area (Å²) in [6.45, 7) is 3.46. The fourth-order valence-electron chi connectivity index (χ4n) is 2.10. The van der Waals surface area contributed by atoms with Crippen LogP contribution >= 0.6 is 0 Å². The Bertz CT molecular complexity index is 378. The molecule has 0 amide bonds. The normalized spacial score (nSPS) is 21.5. The Hall–Kier alpha value is -1.13. The van der Waals surface area contributed by atoms with E-state index in [1.165, 1.54) is 13.2 Å². The number of rotatable bonds is 4. The summed E-state index contributed by atoms with van der Waals surface area (Å²) in [5, 5.41) is 3.37. The van der Waals surface area contributed by atoms with E-state index in [0.29, 0.717) is 24.0 Å². The average Bonchev–Trinajstić information content (AvgIpc) is 2.81. The molecule has 1 saturated heterocycles. The van der Waals surface area contributed by atoms with Gasteiger partial charge in [-0.2, -0.15) is 0 Å². The molecule has 1 aromatic rings. The number of hydrogen-bond donors (Lipinski definition) is 1. The van der Waals surface area contributed by atoms with Gasteiger partial charge < -0.3 is 14.8 Å². The molecule has 1 N–H and O–H groups in total. The van der Waals surface area contributed by atoms with Crippen molar-refractivity contribution >= 4 is 0 Å². The minimum absolute atomic E-state index is 0.0207. The maximum Gasteiger partial charge on any atom is 0.131 e. The van der Waals surface area contributed by atoms with Crippen molar-refractivity contribution in [1.82, 2.24) is 5.32 Å². The lowest BCUT2D eigenvalue weighted by Gasteiger charge is -2.19. The Morgan fingerprint density at radius 1 is 1.53 bits per heavy atom. The van der Waals surface area contributed by atoms with Gasteiger partial charge in [-0.1, -0.05) is 6.07 Å². The molecule has 1 aliphatic rings. The molecule has 17 heavy (non-hydrogen) atoms. The smallest absolute Gasteiger partial charge is 0.131 e. The van der Waals surface area contributed by atoms with Crippen LogP contribution in [0.4, 0.5) is 4.39 Å². The van der Waals surface area contributed by atoms with E-state index < -0.39 is 0 Å². The summed E-state index contributed by atoms with van der Waals surface area (Å²) in [6.07, 6.45) is 0.988. The van der Waals surface area contributed by atoms with Gasteiger partial charge in [-0.25, -0.2) is 4.39 Å². The van der Waals surface area contributed by atoms with E-state index in [1.807, 2.05) is 6.92 Å². The van der Waals surface area contributed by atoms with Crippen molar-refractivity contribution in [3.63, 3.8) is 0 Å². The molecule has 3 nitrogen and oxygen atoms in total. The Morgan fingerprint density at radius 2 is 2.35 bits per heavy atom. The highest BCUT2D eigenvalue weighted by atomic mass is 19.1. The van der Waals surface area contributed by atoms with E-state index in [4.69, 9.17) is 9.47 Å². The SMILES string of the molecule is COc1ccc(C(C)NC2CCOC2)c(F)c1. The number of ether oxygens (including phenoxy) is 2. The highest BCUT2D eigenvalue weighted by Crippen LogP contribution is 2.22. The second-order valence-corrected chi connectivity index (χ2v) is 4.34. The summed E-state index contributed by atoms with van der Waals surface area (Å²) in [6, 6.07) is 5.27. The van der Waals surface area contributed by atoms with Crippen LogP contribution in [0.1, 0.15) is 24.9 Å². The standard InChI is InChI=1S/C13H18FNO2/c1-9(15-10-5-6-17-8-10)12-4-3-11(16-2)7-13(12)14/h3-4,7,9-10,15H,5-6,8H2,1-2H3. The van der Waals surface area contributed by atoms with Gasteiger partial charge in [0.2, 0.25) is 0 Å². The van der Waals surface area contributed by atoms with Gasteiger partial charge in [0.1, 0.15) is 11.6 Å². The summed E-state index contributed by atoms with van der Waals surface area (Å²) in [5.41, 5.74) is 0.665. The molecule has 4 heteroatoms. The Balaban J connectivity index is 2.04. The van der Waals surface area contributed by atoms with Crippen molar-refractivity contribution in [2.75, 3.05) is 20.3 Å². The molecule has 0 aliphatic carbocycles. The fourth-order valence-corrected chi connectivity index (χ4v) is 2.10. The third-order valence-corrected chi connectivity index (χ3v) is 3.09. The average molecular weight is 239 g/mol. The van der Waals surface area contributed by atoms with Crippen LogP contribution in [-0.4, -0.2) is 26.4 Å². The van der Waals surface area contributed by atoms with Crippen LogP contribution in [0.2, 0.25) is 0 Å². The lowest BCUT2D eigenvalue weighted by Crippen LogP contribution is -2.32. The zero-order valence-electron chi connectivity index (χ0n) is 10.2. The van der Waals surface area contributed by atoms with Crippen molar-refractivity contribution in [3.05, 3.63) is 29.6 Å². The second kappa shape index (κ2) is 5.47. The third kappa shape index (κ3) is 2.96. The summed E-state index contributed by atoms with van der Waals surface area (Å²) in [4.78, 5) is 0. The van der Waals surface area contributed by atoms with Gasteiger partial charge >= 0.3 is 0 Å². The monoisotopic (exact) mass is 239 g/mol. The maximum atomic E-state index is 13.8. The molecule has 0 saturated carbocycles. The number of benzene rings is 1. The zero-order chi connectivity index (χ0) is 12.3. The van der Waals surface area contributed by atoms with Gasteiger partial charge in [-0.15, -0.1) is 0 Å². The summed E-state index contributed by atoms with van der Waals surface area (Å²) in [7, 11) is 1.53. The van der Waals surface area contributed by atoms with Crippen molar-refractivity contribution in [2.45, 2.75) is 25.4 Å². The van der Waals surface area contributed by atoms with Crippen LogP contribution in [-0.2, 0) is 4.74 Å². The molecule has 0 radical (unpaired) electrons. The highest BCUT2D eigenvalue weighted by Gasteiger charge is 2.19. The summed E-state index contributed by atoms with van der Waals surface area (Å²) >= 11 is 0. The lowest BCUT2D eigenvalue weighted by atomic mass is 10.1. The van der Waals surface area contributed by atoms with Crippen molar-refractivity contribution in [1.29, 1.82) is 0 Å². The number of halogens is 1. The molecule has 1 aromatic carbocycles. The molecule has 2 atom stereocenters. The summed E-state index contributed by atoms with van der Waals surface area (Å²) in [5.74, 6) is 0.311. The molecule has 1 aliphatic heterocycles. The largest absolute Gasteiger partial charge is 0.497 e. The first kappa shape index (κ1) is 12.3. The van der Waals surface area contributed by atoms with E-state index in [0.717, 1.165) is 13.0 Å². The lowest BCUT2D eigenvalue weighted by molar-refractivity contribution is 0.188. The van der Waals surface area contributed by atoms with Gasteiger partial charge in [0.05, 0.1) is 13.7 Å². The van der Waals surface area contributed by atoms with Gasteiger partial charge in [0.15, 0.2) is 0 Å². The molecular formula is C13H18FNO2. The van der Waals surface area contributed by atoms with Crippen LogP contribution in [0.15, 0.2) is 18.2 Å². The fraction of sp³-hybridized carbons (Fsp3) is 0.538. The second-order valence-electron chi connectivity index (χ2n) is 4.34. The Morgan fingerprint density at radius 3 is 2.94 bits per heavy atom. The minimum Gasteiger partial charge on any atom is -0.497 e. The van der Waals surface area contributed by atoms with E-state index in [1.54, 1.807) is 12.1 Å². The molecule has 2 rings (SSSR count). The first-order valence-corrected chi connectivity index (χ1v) is 5.88. The minimum atomic E-state index is -0.233. The van der Waals surface area contributed by atoms with Crippen molar-refractivity contribution < 1.29 is 13.9 Å². The molecule has 2 unspecified atom stereocenters. The molecule has 1 fully saturated rings. The molecular weight excluding hydrogens is 221 g/mol. The number of nitrogens with one attached hydrogen (secondary N) is 1. The third-order valence-electron chi connectivity index (χ3n) is 3.09. The highest BCUT2D eigenvalue weighted by molar-refractivity contribution is 5.30. The topological polar surface area (TPSA) is 30.5 Å². The molecule has 0 aromatic heterocycles. The van der Waals surface area contributed by atoms with Crippen molar-refractivity contribution in [2.24, 2.45) is 0 Å². The van der Waals surface area contributed by atoms with Crippen molar-refractivity contribution in [3.8, 4) is 5.75 Å². The number of hydrogen-bond acceptors (Lipinski definition) is 3. The maximum absolute atomic E-state index is 13.8. The Labute approximate surface area is 101 Å². The summed E-state index contributed by atoms with van der Waals surface area (Å²) < 4.78 is 24.1. The Kier molecular flexibility index (Phi) is 3.97. The zero-order valence-corrected chi connectivity index (χ0v) is 10.2. The van der Waals surface area contributed by atoms with Gasteiger partial charge in [0, 0.05) is 30.3 Å². The van der Waals surface area contributed by atoms with Crippen LogP contribution < -0.4 is 10.1 Å². The predicted octanol–water partition coefficient (Wildman–Crippen LogP) is 2.27. The van der Waals surface area contributed by atoms with Crippen LogP contribution in [0, 0.1) is 5.82 Å².